The first-order valence-electron chi connectivity index (χ1n) is 11.0. The molecule has 2 aromatic carbocycles. The number of ether oxygens (including phenoxy) is 2. The number of hydroxylamine groups is 1. The van der Waals surface area contributed by atoms with Crippen LogP contribution in [0.2, 0.25) is 0 Å². The number of nitrogens with zero attached hydrogens (tertiary/aromatic N) is 1. The lowest BCUT2D eigenvalue weighted by Gasteiger charge is -2.27. The van der Waals surface area contributed by atoms with Crippen LogP contribution in [0, 0.1) is 6.92 Å². The predicted molar refractivity (Wildman–Crippen MR) is 127 cm³/mol. The van der Waals surface area contributed by atoms with E-state index in [0.29, 0.717) is 13.2 Å². The van der Waals surface area contributed by atoms with Crippen molar-refractivity contribution >= 4 is 22.6 Å². The summed E-state index contributed by atoms with van der Waals surface area (Å²) in [4.78, 5) is 22.1. The second-order valence-electron chi connectivity index (χ2n) is 8.46. The number of pyridine rings is 1. The molecule has 1 aliphatic heterocycles. The van der Waals surface area contributed by atoms with Gasteiger partial charge in [0.15, 0.2) is 0 Å². The fraction of sp³-hybridized carbons (Fsp3) is 0.308. The molecular formula is C26H29N3O4. The molecule has 1 aromatic heterocycles. The SMILES string of the molecule is CCOC(=O)CC(C)(N)C1C=C(c2ccc(OCc3cc(C)nc4ccccc34)cc2)NO1. The highest BCUT2D eigenvalue weighted by Gasteiger charge is 2.36. The molecule has 172 valence electrons. The van der Waals surface area contributed by atoms with Gasteiger partial charge >= 0.3 is 5.97 Å². The van der Waals surface area contributed by atoms with Crippen molar-refractivity contribution in [2.24, 2.45) is 5.73 Å². The Kier molecular flexibility index (Phi) is 6.62. The van der Waals surface area contributed by atoms with Crippen molar-refractivity contribution < 1.29 is 19.1 Å². The summed E-state index contributed by atoms with van der Waals surface area (Å²) in [6.45, 7) is 6.31. The van der Waals surface area contributed by atoms with Crippen molar-refractivity contribution in [3.8, 4) is 5.75 Å². The number of hydrogen-bond acceptors (Lipinski definition) is 7. The second kappa shape index (κ2) is 9.60. The lowest BCUT2D eigenvalue weighted by molar-refractivity contribution is -0.145. The molecule has 0 amide bonds. The zero-order chi connectivity index (χ0) is 23.4. The molecule has 0 bridgehead atoms. The zero-order valence-corrected chi connectivity index (χ0v) is 19.1. The molecule has 0 fully saturated rings. The maximum Gasteiger partial charge on any atom is 0.307 e. The van der Waals surface area contributed by atoms with Gasteiger partial charge in [-0.15, -0.1) is 0 Å². The molecule has 7 heteroatoms. The van der Waals surface area contributed by atoms with E-state index in [9.17, 15) is 4.79 Å². The smallest absolute Gasteiger partial charge is 0.307 e. The number of hydrogen-bond donors (Lipinski definition) is 2. The van der Waals surface area contributed by atoms with Crippen molar-refractivity contribution in [2.75, 3.05) is 6.61 Å². The first-order chi connectivity index (χ1) is 15.9. The van der Waals surface area contributed by atoms with E-state index in [1.165, 1.54) is 0 Å². The highest BCUT2D eigenvalue weighted by atomic mass is 16.7. The first-order valence-corrected chi connectivity index (χ1v) is 11.0. The number of para-hydroxylation sites is 1. The second-order valence-corrected chi connectivity index (χ2v) is 8.46. The van der Waals surface area contributed by atoms with Crippen LogP contribution in [-0.2, 0) is 21.0 Å². The Balaban J connectivity index is 1.42. The van der Waals surface area contributed by atoms with Crippen molar-refractivity contribution in [3.05, 3.63) is 77.5 Å². The molecule has 0 aliphatic carbocycles. The molecule has 3 aromatic rings. The maximum absolute atomic E-state index is 11.8. The molecule has 2 unspecified atom stereocenters. The Morgan fingerprint density at radius 2 is 1.97 bits per heavy atom. The van der Waals surface area contributed by atoms with Crippen LogP contribution in [0.5, 0.6) is 5.75 Å². The normalized spacial score (nSPS) is 17.2. The molecule has 1 aliphatic rings. The fourth-order valence-electron chi connectivity index (χ4n) is 3.86. The van der Waals surface area contributed by atoms with Crippen LogP contribution in [0.3, 0.4) is 0 Å². The highest BCUT2D eigenvalue weighted by Crippen LogP contribution is 2.27. The first kappa shape index (κ1) is 22.8. The molecule has 2 heterocycles. The minimum atomic E-state index is -0.893. The lowest BCUT2D eigenvalue weighted by atomic mass is 9.91. The number of fused-ring (bicyclic) bond motifs is 1. The number of nitrogens with one attached hydrogen (secondary N) is 1. The van der Waals surface area contributed by atoms with Crippen molar-refractivity contribution in [2.45, 2.75) is 45.4 Å². The minimum Gasteiger partial charge on any atom is -0.489 e. The predicted octanol–water partition coefficient (Wildman–Crippen LogP) is 4.04. The average molecular weight is 448 g/mol. The largest absolute Gasteiger partial charge is 0.489 e. The maximum atomic E-state index is 11.8. The van der Waals surface area contributed by atoms with Crippen LogP contribution >= 0.6 is 0 Å². The van der Waals surface area contributed by atoms with Crippen LogP contribution in [0.4, 0.5) is 0 Å². The number of rotatable bonds is 8. The Morgan fingerprint density at radius 3 is 2.73 bits per heavy atom. The van der Waals surface area contributed by atoms with Crippen LogP contribution in [0.15, 0.2) is 60.7 Å². The van der Waals surface area contributed by atoms with Crippen LogP contribution in [0.1, 0.15) is 37.1 Å². The number of aromatic nitrogens is 1. The average Bonchev–Trinajstić information content (AvgIpc) is 3.29. The number of esters is 1. The summed E-state index contributed by atoms with van der Waals surface area (Å²) >= 11 is 0. The quantitative estimate of drug-likeness (QED) is 0.503. The van der Waals surface area contributed by atoms with Gasteiger partial charge in [0.05, 0.1) is 29.8 Å². The van der Waals surface area contributed by atoms with Crippen LogP contribution in [0.25, 0.3) is 16.6 Å². The Morgan fingerprint density at radius 1 is 1.21 bits per heavy atom. The molecule has 0 radical (unpaired) electrons. The van der Waals surface area contributed by atoms with E-state index in [2.05, 4.69) is 22.6 Å². The van der Waals surface area contributed by atoms with E-state index in [0.717, 1.165) is 39.2 Å². The third-order valence-electron chi connectivity index (χ3n) is 5.58. The lowest BCUT2D eigenvalue weighted by Crippen LogP contribution is -2.49. The van der Waals surface area contributed by atoms with Gasteiger partial charge < -0.3 is 15.2 Å². The molecule has 33 heavy (non-hydrogen) atoms. The number of benzene rings is 2. The van der Waals surface area contributed by atoms with Gasteiger partial charge in [-0.2, -0.15) is 0 Å². The van der Waals surface area contributed by atoms with Gasteiger partial charge in [-0.3, -0.25) is 20.1 Å². The van der Waals surface area contributed by atoms with E-state index in [1.54, 1.807) is 13.8 Å². The molecule has 0 spiro atoms. The molecular weight excluding hydrogens is 418 g/mol. The third-order valence-corrected chi connectivity index (χ3v) is 5.58. The fourth-order valence-corrected chi connectivity index (χ4v) is 3.86. The Labute approximate surface area is 193 Å². The monoisotopic (exact) mass is 447 g/mol. The van der Waals surface area contributed by atoms with E-state index in [-0.39, 0.29) is 12.4 Å². The van der Waals surface area contributed by atoms with Gasteiger partial charge in [0.2, 0.25) is 0 Å². The van der Waals surface area contributed by atoms with Gasteiger partial charge in [-0.1, -0.05) is 18.2 Å². The van der Waals surface area contributed by atoms with E-state index >= 15 is 0 Å². The molecule has 3 N–H and O–H groups in total. The topological polar surface area (TPSA) is 95.7 Å². The summed E-state index contributed by atoms with van der Waals surface area (Å²) in [6, 6.07) is 17.9. The van der Waals surface area contributed by atoms with E-state index in [4.69, 9.17) is 20.0 Å². The molecule has 0 saturated heterocycles. The van der Waals surface area contributed by atoms with Crippen LogP contribution in [-0.4, -0.2) is 29.2 Å². The molecule has 0 saturated carbocycles. The molecule has 7 nitrogen and oxygen atoms in total. The summed E-state index contributed by atoms with van der Waals surface area (Å²) in [5.41, 5.74) is 13.1. The van der Waals surface area contributed by atoms with E-state index < -0.39 is 11.6 Å². The summed E-state index contributed by atoms with van der Waals surface area (Å²) in [7, 11) is 0. The van der Waals surface area contributed by atoms with Gasteiger partial charge in [0.25, 0.3) is 0 Å². The summed E-state index contributed by atoms with van der Waals surface area (Å²) in [5.74, 6) is 0.422. The third kappa shape index (κ3) is 5.32. The summed E-state index contributed by atoms with van der Waals surface area (Å²) in [6.07, 6.45) is 1.49. The molecule has 4 rings (SSSR count). The summed E-state index contributed by atoms with van der Waals surface area (Å²) < 4.78 is 11.1. The van der Waals surface area contributed by atoms with Crippen LogP contribution < -0.4 is 16.0 Å². The minimum absolute atomic E-state index is 0.0624. The molecule has 2 atom stereocenters. The number of carbonyl (C=O) groups is 1. The van der Waals surface area contributed by atoms with Gasteiger partial charge in [0.1, 0.15) is 18.5 Å². The number of carbonyl (C=O) groups excluding carboxylic acids is 1. The zero-order valence-electron chi connectivity index (χ0n) is 19.1. The van der Waals surface area contributed by atoms with E-state index in [1.807, 2.05) is 55.5 Å². The number of aryl methyl sites for hydroxylation is 1. The Bertz CT molecular complexity index is 1170. The van der Waals surface area contributed by atoms with Crippen molar-refractivity contribution in [1.29, 1.82) is 0 Å². The number of nitrogens with two attached hydrogens (primary N) is 1. The standard InChI is InChI=1S/C26H29N3O4/c1-4-31-25(30)15-26(3,27)24-14-23(29-33-24)18-9-11-20(12-10-18)32-16-19-13-17(2)28-22-8-6-5-7-21(19)22/h5-14,24,29H,4,15-16,27H2,1-3H3. The van der Waals surface area contributed by atoms with Gasteiger partial charge in [-0.05, 0) is 68.8 Å². The van der Waals surface area contributed by atoms with Crippen molar-refractivity contribution in [3.63, 3.8) is 0 Å². The highest BCUT2D eigenvalue weighted by molar-refractivity contribution is 5.82. The van der Waals surface area contributed by atoms with Gasteiger partial charge in [-0.25, -0.2) is 0 Å². The van der Waals surface area contributed by atoms with Gasteiger partial charge in [0, 0.05) is 16.6 Å². The Hall–Kier alpha value is -3.42. The summed E-state index contributed by atoms with van der Waals surface area (Å²) in [5, 5.41) is 1.09. The van der Waals surface area contributed by atoms with Crippen molar-refractivity contribution in [1.82, 2.24) is 10.5 Å².